The second-order valence-corrected chi connectivity index (χ2v) is 7.21. The zero-order chi connectivity index (χ0) is 16.8. The number of nitrogens with zero attached hydrogens (tertiary/aromatic N) is 4. The van der Waals surface area contributed by atoms with Gasteiger partial charge in [0.1, 0.15) is 0 Å². The van der Waals surface area contributed by atoms with Gasteiger partial charge in [0.05, 0.1) is 5.69 Å². The largest absolute Gasteiger partial charge is 0.356 e. The van der Waals surface area contributed by atoms with Crippen LogP contribution in [0.1, 0.15) is 44.5 Å². The molecule has 1 unspecified atom stereocenters. The maximum Gasteiger partial charge on any atom is 0.193 e. The molecule has 2 heterocycles. The Labute approximate surface area is 164 Å². The van der Waals surface area contributed by atoms with Crippen molar-refractivity contribution < 1.29 is 0 Å². The molecule has 1 aromatic rings. The summed E-state index contributed by atoms with van der Waals surface area (Å²) in [6.45, 7) is 13.0. The van der Waals surface area contributed by atoms with Gasteiger partial charge in [0.25, 0.3) is 0 Å². The van der Waals surface area contributed by atoms with Crippen LogP contribution in [0.2, 0.25) is 0 Å². The molecule has 6 heteroatoms. The van der Waals surface area contributed by atoms with E-state index in [0.29, 0.717) is 0 Å². The van der Waals surface area contributed by atoms with E-state index in [1.807, 2.05) is 14.0 Å². The van der Waals surface area contributed by atoms with Gasteiger partial charge in [-0.1, -0.05) is 13.8 Å². The van der Waals surface area contributed by atoms with E-state index in [1.54, 1.807) is 0 Å². The molecule has 1 saturated heterocycles. The van der Waals surface area contributed by atoms with Crippen LogP contribution in [0, 0.1) is 25.7 Å². The van der Waals surface area contributed by atoms with Gasteiger partial charge in [-0.05, 0) is 51.0 Å². The number of guanidine groups is 1. The van der Waals surface area contributed by atoms with Crippen molar-refractivity contribution in [2.75, 3.05) is 26.7 Å². The smallest absolute Gasteiger partial charge is 0.193 e. The first-order valence-electron chi connectivity index (χ1n) is 8.96. The molecule has 0 radical (unpaired) electrons. The number of rotatable bonds is 6. The lowest BCUT2D eigenvalue weighted by Gasteiger charge is -2.22. The predicted octanol–water partition coefficient (Wildman–Crippen LogP) is 3.45. The van der Waals surface area contributed by atoms with E-state index in [0.717, 1.165) is 56.1 Å². The van der Waals surface area contributed by atoms with Crippen LogP contribution in [0.15, 0.2) is 11.1 Å². The Kier molecular flexibility index (Phi) is 9.08. The molecule has 0 amide bonds. The average Bonchev–Trinajstić information content (AvgIpc) is 3.05. The SMILES string of the molecule is CN=C(NCCCn1nc(C)cc1C)N1CCC(CC(C)C)C1.I. The highest BCUT2D eigenvalue weighted by Crippen LogP contribution is 2.23. The summed E-state index contributed by atoms with van der Waals surface area (Å²) in [5.41, 5.74) is 2.34. The number of halogens is 1. The molecule has 0 bridgehead atoms. The van der Waals surface area contributed by atoms with Crippen molar-refractivity contribution in [1.82, 2.24) is 20.0 Å². The molecule has 0 aliphatic carbocycles. The number of hydrogen-bond donors (Lipinski definition) is 1. The molecule has 1 N–H and O–H groups in total. The second kappa shape index (κ2) is 10.3. The predicted molar refractivity (Wildman–Crippen MR) is 112 cm³/mol. The van der Waals surface area contributed by atoms with Gasteiger partial charge in [-0.25, -0.2) is 0 Å². The third-order valence-electron chi connectivity index (χ3n) is 4.54. The lowest BCUT2D eigenvalue weighted by molar-refractivity contribution is 0.403. The minimum atomic E-state index is 0. The van der Waals surface area contributed by atoms with Crippen LogP contribution in [0.5, 0.6) is 0 Å². The summed E-state index contributed by atoms with van der Waals surface area (Å²) in [4.78, 5) is 6.87. The van der Waals surface area contributed by atoms with Crippen molar-refractivity contribution in [2.24, 2.45) is 16.8 Å². The van der Waals surface area contributed by atoms with Gasteiger partial charge < -0.3 is 10.2 Å². The van der Waals surface area contributed by atoms with Crippen LogP contribution < -0.4 is 5.32 Å². The van der Waals surface area contributed by atoms with Gasteiger partial charge in [0, 0.05) is 38.9 Å². The van der Waals surface area contributed by atoms with Gasteiger partial charge in [-0.2, -0.15) is 5.10 Å². The van der Waals surface area contributed by atoms with Gasteiger partial charge in [0.2, 0.25) is 0 Å². The van der Waals surface area contributed by atoms with Crippen molar-refractivity contribution in [2.45, 2.75) is 53.5 Å². The quantitative estimate of drug-likeness (QED) is 0.315. The Bertz CT molecular complexity index is 523. The summed E-state index contributed by atoms with van der Waals surface area (Å²) in [5, 5.41) is 8.03. The first-order chi connectivity index (χ1) is 11.0. The fourth-order valence-corrected chi connectivity index (χ4v) is 3.55. The first kappa shape index (κ1) is 21.3. The normalized spacial score (nSPS) is 18.2. The van der Waals surface area contributed by atoms with E-state index < -0.39 is 0 Å². The molecule has 2 rings (SSSR count). The standard InChI is InChI=1S/C18H33N5.HI/c1-14(2)11-17-7-10-22(13-17)18(19-5)20-8-6-9-23-16(4)12-15(3)21-23;/h12,14,17H,6-11,13H2,1-5H3,(H,19,20);1H. The van der Waals surface area contributed by atoms with E-state index in [4.69, 9.17) is 0 Å². The van der Waals surface area contributed by atoms with E-state index in [-0.39, 0.29) is 24.0 Å². The molecule has 5 nitrogen and oxygen atoms in total. The van der Waals surface area contributed by atoms with E-state index in [9.17, 15) is 0 Å². The van der Waals surface area contributed by atoms with Crippen LogP contribution in [-0.4, -0.2) is 47.3 Å². The molecule has 138 valence electrons. The topological polar surface area (TPSA) is 45.5 Å². The highest BCUT2D eigenvalue weighted by Gasteiger charge is 2.25. The molecule has 1 aliphatic rings. The molecule has 0 spiro atoms. The zero-order valence-electron chi connectivity index (χ0n) is 15.9. The van der Waals surface area contributed by atoms with Crippen molar-refractivity contribution in [3.8, 4) is 0 Å². The zero-order valence-corrected chi connectivity index (χ0v) is 18.2. The molecule has 1 atom stereocenters. The van der Waals surface area contributed by atoms with Crippen LogP contribution >= 0.6 is 24.0 Å². The van der Waals surface area contributed by atoms with Gasteiger partial charge in [-0.15, -0.1) is 24.0 Å². The number of likely N-dealkylation sites (tertiary alicyclic amines) is 1. The van der Waals surface area contributed by atoms with Crippen LogP contribution in [-0.2, 0) is 6.54 Å². The Morgan fingerprint density at radius 1 is 1.42 bits per heavy atom. The van der Waals surface area contributed by atoms with E-state index in [2.05, 4.69) is 51.8 Å². The monoisotopic (exact) mass is 447 g/mol. The Hall–Kier alpha value is -0.790. The molecule has 24 heavy (non-hydrogen) atoms. The van der Waals surface area contributed by atoms with E-state index in [1.165, 1.54) is 18.5 Å². The first-order valence-corrected chi connectivity index (χ1v) is 8.96. The summed E-state index contributed by atoms with van der Waals surface area (Å²) >= 11 is 0. The van der Waals surface area contributed by atoms with E-state index >= 15 is 0 Å². The van der Waals surface area contributed by atoms with Crippen molar-refractivity contribution in [1.29, 1.82) is 0 Å². The summed E-state index contributed by atoms with van der Waals surface area (Å²) in [5.74, 6) is 2.67. The molecular weight excluding hydrogens is 413 g/mol. The third kappa shape index (κ3) is 6.26. The van der Waals surface area contributed by atoms with Crippen molar-refractivity contribution >= 4 is 29.9 Å². The summed E-state index contributed by atoms with van der Waals surface area (Å²) < 4.78 is 2.09. The highest BCUT2D eigenvalue weighted by atomic mass is 127. The molecule has 1 aliphatic heterocycles. The van der Waals surface area contributed by atoms with Crippen molar-refractivity contribution in [3.05, 3.63) is 17.5 Å². The van der Waals surface area contributed by atoms with Crippen LogP contribution in [0.3, 0.4) is 0 Å². The number of aryl methyl sites for hydroxylation is 3. The maximum absolute atomic E-state index is 4.51. The summed E-state index contributed by atoms with van der Waals surface area (Å²) in [6.07, 6.45) is 3.68. The molecule has 1 aromatic heterocycles. The summed E-state index contributed by atoms with van der Waals surface area (Å²) in [6, 6.07) is 2.13. The van der Waals surface area contributed by atoms with Crippen molar-refractivity contribution in [3.63, 3.8) is 0 Å². The number of aromatic nitrogens is 2. The number of aliphatic imine (C=N–C) groups is 1. The molecule has 0 aromatic carbocycles. The molecular formula is C18H34IN5. The highest BCUT2D eigenvalue weighted by molar-refractivity contribution is 14.0. The van der Waals surface area contributed by atoms with Gasteiger partial charge in [-0.3, -0.25) is 9.67 Å². The Balaban J connectivity index is 0.00000288. The fourth-order valence-electron chi connectivity index (χ4n) is 3.55. The van der Waals surface area contributed by atoms with Crippen LogP contribution in [0.25, 0.3) is 0 Å². The number of nitrogens with one attached hydrogen (secondary N) is 1. The minimum absolute atomic E-state index is 0. The lowest BCUT2D eigenvalue weighted by Crippen LogP contribution is -2.40. The Morgan fingerprint density at radius 2 is 2.17 bits per heavy atom. The summed E-state index contributed by atoms with van der Waals surface area (Å²) in [7, 11) is 1.89. The lowest BCUT2D eigenvalue weighted by atomic mass is 9.97. The van der Waals surface area contributed by atoms with Gasteiger partial charge in [0.15, 0.2) is 5.96 Å². The third-order valence-corrected chi connectivity index (χ3v) is 4.54. The van der Waals surface area contributed by atoms with Gasteiger partial charge >= 0.3 is 0 Å². The fraction of sp³-hybridized carbons (Fsp3) is 0.778. The molecule has 0 saturated carbocycles. The van der Waals surface area contributed by atoms with Crippen LogP contribution in [0.4, 0.5) is 0 Å². The second-order valence-electron chi connectivity index (χ2n) is 7.21. The number of hydrogen-bond acceptors (Lipinski definition) is 2. The Morgan fingerprint density at radius 3 is 2.75 bits per heavy atom. The average molecular weight is 447 g/mol. The minimum Gasteiger partial charge on any atom is -0.356 e. The molecule has 1 fully saturated rings. The maximum atomic E-state index is 4.51.